The van der Waals surface area contributed by atoms with E-state index in [2.05, 4.69) is 20.7 Å². The zero-order valence-electron chi connectivity index (χ0n) is 12.9. The van der Waals surface area contributed by atoms with Gasteiger partial charge in [-0.25, -0.2) is 14.5 Å². The molecular weight excluding hydrogens is 294 g/mol. The van der Waals surface area contributed by atoms with E-state index in [9.17, 15) is 4.79 Å². The Kier molecular flexibility index (Phi) is 5.21. The molecule has 2 amide bonds. The number of urea groups is 1. The zero-order chi connectivity index (χ0) is 15.9. The molecule has 2 N–H and O–H groups in total. The van der Waals surface area contributed by atoms with Gasteiger partial charge in [-0.2, -0.15) is 5.10 Å². The van der Waals surface area contributed by atoms with E-state index in [0.29, 0.717) is 25.6 Å². The summed E-state index contributed by atoms with van der Waals surface area (Å²) in [5, 5.41) is 9.92. The van der Waals surface area contributed by atoms with Crippen molar-refractivity contribution in [3.05, 3.63) is 48.0 Å². The molecule has 7 heteroatoms. The van der Waals surface area contributed by atoms with Crippen LogP contribution in [-0.2, 0) is 17.8 Å². The van der Waals surface area contributed by atoms with Gasteiger partial charge in [-0.3, -0.25) is 0 Å². The normalized spacial score (nSPS) is 17.1. The second kappa shape index (κ2) is 7.73. The van der Waals surface area contributed by atoms with Crippen molar-refractivity contribution < 1.29 is 9.53 Å². The van der Waals surface area contributed by atoms with Gasteiger partial charge in [0.15, 0.2) is 0 Å². The summed E-state index contributed by atoms with van der Waals surface area (Å²) in [4.78, 5) is 15.9. The van der Waals surface area contributed by atoms with Crippen molar-refractivity contribution in [3.8, 4) is 0 Å². The van der Waals surface area contributed by atoms with Crippen molar-refractivity contribution in [2.75, 3.05) is 19.8 Å². The first-order valence-electron chi connectivity index (χ1n) is 7.80. The van der Waals surface area contributed by atoms with E-state index in [1.54, 1.807) is 11.0 Å². The van der Waals surface area contributed by atoms with Crippen molar-refractivity contribution in [2.45, 2.75) is 19.5 Å². The van der Waals surface area contributed by atoms with E-state index in [1.165, 1.54) is 6.33 Å². The average Bonchev–Trinajstić information content (AvgIpc) is 3.25. The maximum Gasteiger partial charge on any atom is 0.315 e. The molecule has 3 rings (SSSR count). The molecule has 1 aliphatic rings. The minimum absolute atomic E-state index is 0.146. The molecule has 0 bridgehead atoms. The first-order valence-corrected chi connectivity index (χ1v) is 7.80. The Balaban J connectivity index is 1.50. The van der Waals surface area contributed by atoms with Crippen molar-refractivity contribution in [1.82, 2.24) is 25.4 Å². The van der Waals surface area contributed by atoms with Crippen LogP contribution < -0.4 is 10.6 Å². The van der Waals surface area contributed by atoms with Gasteiger partial charge >= 0.3 is 6.03 Å². The Morgan fingerprint density at radius 3 is 2.91 bits per heavy atom. The van der Waals surface area contributed by atoms with Crippen LogP contribution in [0.4, 0.5) is 4.79 Å². The number of nitrogens with one attached hydrogen (secondary N) is 2. The van der Waals surface area contributed by atoms with Crippen LogP contribution in [0, 0.1) is 5.92 Å². The number of ether oxygens (including phenoxy) is 1. The molecule has 122 valence electrons. The van der Waals surface area contributed by atoms with Crippen LogP contribution in [0.1, 0.15) is 17.5 Å². The molecule has 0 radical (unpaired) electrons. The predicted octanol–water partition coefficient (Wildman–Crippen LogP) is 1.16. The van der Waals surface area contributed by atoms with E-state index < -0.39 is 0 Å². The third-order valence-corrected chi connectivity index (χ3v) is 3.93. The van der Waals surface area contributed by atoms with Crippen LogP contribution in [0.3, 0.4) is 0 Å². The van der Waals surface area contributed by atoms with Crippen LogP contribution in [0.5, 0.6) is 0 Å². The summed E-state index contributed by atoms with van der Waals surface area (Å²) in [5.41, 5.74) is 2.19. The molecule has 1 aromatic heterocycles. The van der Waals surface area contributed by atoms with Crippen LogP contribution >= 0.6 is 0 Å². The van der Waals surface area contributed by atoms with E-state index >= 15 is 0 Å². The second-order valence-electron chi connectivity index (χ2n) is 5.65. The number of carbonyl (C=O) groups excluding carboxylic acids is 1. The van der Waals surface area contributed by atoms with E-state index in [0.717, 1.165) is 30.8 Å². The Morgan fingerprint density at radius 1 is 1.30 bits per heavy atom. The summed E-state index contributed by atoms with van der Waals surface area (Å²) >= 11 is 0. The van der Waals surface area contributed by atoms with Gasteiger partial charge in [0, 0.05) is 25.6 Å². The number of hydrogen-bond acceptors (Lipinski definition) is 4. The van der Waals surface area contributed by atoms with Gasteiger partial charge in [-0.15, -0.1) is 0 Å². The number of hydrogen-bond donors (Lipinski definition) is 2. The predicted molar refractivity (Wildman–Crippen MR) is 84.7 cm³/mol. The molecule has 1 atom stereocenters. The van der Waals surface area contributed by atoms with Crippen molar-refractivity contribution in [3.63, 3.8) is 0 Å². The first-order chi connectivity index (χ1) is 11.3. The highest BCUT2D eigenvalue weighted by atomic mass is 16.5. The Morgan fingerprint density at radius 2 is 2.17 bits per heavy atom. The van der Waals surface area contributed by atoms with Gasteiger partial charge in [-0.1, -0.05) is 24.3 Å². The summed E-state index contributed by atoms with van der Waals surface area (Å²) < 4.78 is 7.06. The highest BCUT2D eigenvalue weighted by Gasteiger charge is 2.16. The highest BCUT2D eigenvalue weighted by molar-refractivity contribution is 5.73. The fraction of sp³-hybridized carbons (Fsp3) is 0.438. The van der Waals surface area contributed by atoms with Crippen LogP contribution in [0.2, 0.25) is 0 Å². The van der Waals surface area contributed by atoms with E-state index in [1.807, 2.05) is 24.3 Å². The molecule has 0 aliphatic carbocycles. The maximum absolute atomic E-state index is 11.9. The van der Waals surface area contributed by atoms with Gasteiger partial charge in [0.1, 0.15) is 12.7 Å². The molecule has 1 fully saturated rings. The Hall–Kier alpha value is -2.41. The summed E-state index contributed by atoms with van der Waals surface area (Å²) in [6, 6.07) is 7.85. The highest BCUT2D eigenvalue weighted by Crippen LogP contribution is 2.11. The fourth-order valence-corrected chi connectivity index (χ4v) is 2.59. The Bertz CT molecular complexity index is 623. The minimum atomic E-state index is -0.146. The SMILES string of the molecule is O=C(NCc1ccccc1Cn1cncn1)NC[C@@H]1CCOC1. The number of carbonyl (C=O) groups is 1. The lowest BCUT2D eigenvalue weighted by Gasteiger charge is -2.13. The average molecular weight is 315 g/mol. The summed E-state index contributed by atoms with van der Waals surface area (Å²) in [7, 11) is 0. The molecule has 0 spiro atoms. The summed E-state index contributed by atoms with van der Waals surface area (Å²) in [6.07, 6.45) is 4.21. The third kappa shape index (κ3) is 4.53. The second-order valence-corrected chi connectivity index (χ2v) is 5.65. The van der Waals surface area contributed by atoms with Crippen molar-refractivity contribution in [1.29, 1.82) is 0 Å². The fourth-order valence-electron chi connectivity index (χ4n) is 2.59. The van der Waals surface area contributed by atoms with Gasteiger partial charge < -0.3 is 15.4 Å². The number of aromatic nitrogens is 3. The van der Waals surface area contributed by atoms with Crippen LogP contribution in [0.25, 0.3) is 0 Å². The topological polar surface area (TPSA) is 81.1 Å². The van der Waals surface area contributed by atoms with Gasteiger partial charge in [0.25, 0.3) is 0 Å². The lowest BCUT2D eigenvalue weighted by molar-refractivity contribution is 0.185. The third-order valence-electron chi connectivity index (χ3n) is 3.93. The molecule has 2 heterocycles. The molecular formula is C16H21N5O2. The van der Waals surface area contributed by atoms with Crippen LogP contribution in [-0.4, -0.2) is 40.6 Å². The van der Waals surface area contributed by atoms with E-state index in [-0.39, 0.29) is 6.03 Å². The number of benzene rings is 1. The van der Waals surface area contributed by atoms with Crippen molar-refractivity contribution in [2.24, 2.45) is 5.92 Å². The molecule has 2 aromatic rings. The largest absolute Gasteiger partial charge is 0.381 e. The summed E-state index contributed by atoms with van der Waals surface area (Å²) in [6.45, 7) is 3.31. The molecule has 1 saturated heterocycles. The smallest absolute Gasteiger partial charge is 0.315 e. The maximum atomic E-state index is 11.9. The molecule has 1 aliphatic heterocycles. The summed E-state index contributed by atoms with van der Waals surface area (Å²) in [5.74, 6) is 0.431. The zero-order valence-corrected chi connectivity index (χ0v) is 12.9. The minimum Gasteiger partial charge on any atom is -0.381 e. The lowest BCUT2D eigenvalue weighted by Crippen LogP contribution is -2.38. The Labute approximate surface area is 135 Å². The molecule has 7 nitrogen and oxygen atoms in total. The monoisotopic (exact) mass is 315 g/mol. The van der Waals surface area contributed by atoms with Gasteiger partial charge in [0.05, 0.1) is 13.2 Å². The standard InChI is InChI=1S/C16H21N5O2/c22-16(18-7-13-5-6-23-10-13)19-8-14-3-1-2-4-15(14)9-21-12-17-11-20-21/h1-4,11-13H,5-10H2,(H2,18,19,22)/t13-/m0/s1. The van der Waals surface area contributed by atoms with E-state index in [4.69, 9.17) is 4.74 Å². The number of rotatable bonds is 6. The molecule has 23 heavy (non-hydrogen) atoms. The molecule has 0 saturated carbocycles. The molecule has 1 aromatic carbocycles. The van der Waals surface area contributed by atoms with Crippen LogP contribution in [0.15, 0.2) is 36.9 Å². The number of nitrogens with zero attached hydrogens (tertiary/aromatic N) is 3. The van der Waals surface area contributed by atoms with Gasteiger partial charge in [-0.05, 0) is 17.5 Å². The van der Waals surface area contributed by atoms with Gasteiger partial charge in [0.2, 0.25) is 0 Å². The number of amides is 2. The van der Waals surface area contributed by atoms with Crippen molar-refractivity contribution >= 4 is 6.03 Å². The quantitative estimate of drug-likeness (QED) is 0.838. The first kappa shape index (κ1) is 15.5. The lowest BCUT2D eigenvalue weighted by atomic mass is 10.1. The molecule has 0 unspecified atom stereocenters.